The van der Waals surface area contributed by atoms with Crippen molar-refractivity contribution < 1.29 is 0 Å². The molecule has 2 fully saturated rings. The Bertz CT molecular complexity index is 570. The molecule has 1 saturated heterocycles. The van der Waals surface area contributed by atoms with Crippen LogP contribution in [0.5, 0.6) is 0 Å². The molecule has 0 unspecified atom stereocenters. The molecule has 1 N–H and O–H groups in total. The Labute approximate surface area is 114 Å². The van der Waals surface area contributed by atoms with E-state index in [4.69, 9.17) is 0 Å². The SMILES string of the molecule is c1ccc2c(c1)cnn2C1CCC2(CCNC2)CC1. The maximum Gasteiger partial charge on any atom is 0.0685 e. The number of aromatic nitrogens is 2. The van der Waals surface area contributed by atoms with Gasteiger partial charge in [-0.2, -0.15) is 5.10 Å². The van der Waals surface area contributed by atoms with Gasteiger partial charge in [0.15, 0.2) is 0 Å². The van der Waals surface area contributed by atoms with Gasteiger partial charge in [-0.3, -0.25) is 4.68 Å². The van der Waals surface area contributed by atoms with E-state index in [1.165, 1.54) is 56.1 Å². The molecule has 1 aromatic carbocycles. The fraction of sp³-hybridized carbons (Fsp3) is 0.562. The lowest BCUT2D eigenvalue weighted by Gasteiger charge is -2.36. The molecular weight excluding hydrogens is 234 g/mol. The second-order valence-corrected chi connectivity index (χ2v) is 6.31. The lowest BCUT2D eigenvalue weighted by Crippen LogP contribution is -2.30. The summed E-state index contributed by atoms with van der Waals surface area (Å²) in [5, 5.41) is 9.44. The zero-order valence-electron chi connectivity index (χ0n) is 11.3. The van der Waals surface area contributed by atoms with Crippen LogP contribution in [0.3, 0.4) is 0 Å². The number of fused-ring (bicyclic) bond motifs is 1. The Morgan fingerprint density at radius 3 is 2.79 bits per heavy atom. The number of benzene rings is 1. The summed E-state index contributed by atoms with van der Waals surface area (Å²) in [6.45, 7) is 2.45. The minimum atomic E-state index is 0.603. The predicted molar refractivity (Wildman–Crippen MR) is 77.2 cm³/mol. The first-order chi connectivity index (χ1) is 9.36. The molecule has 19 heavy (non-hydrogen) atoms. The molecule has 3 heteroatoms. The van der Waals surface area contributed by atoms with Crippen LogP contribution in [0.2, 0.25) is 0 Å². The van der Waals surface area contributed by atoms with Crippen LogP contribution in [0.1, 0.15) is 38.1 Å². The van der Waals surface area contributed by atoms with Crippen molar-refractivity contribution in [1.29, 1.82) is 0 Å². The van der Waals surface area contributed by atoms with E-state index in [-0.39, 0.29) is 0 Å². The molecule has 0 bridgehead atoms. The van der Waals surface area contributed by atoms with Crippen LogP contribution in [0, 0.1) is 5.41 Å². The van der Waals surface area contributed by atoms with Crippen LogP contribution in [0.15, 0.2) is 30.5 Å². The molecule has 1 aliphatic carbocycles. The van der Waals surface area contributed by atoms with Crippen molar-refractivity contribution in [1.82, 2.24) is 15.1 Å². The summed E-state index contributed by atoms with van der Waals surface area (Å²) in [7, 11) is 0. The van der Waals surface area contributed by atoms with Gasteiger partial charge in [0.1, 0.15) is 0 Å². The van der Waals surface area contributed by atoms with E-state index in [1.54, 1.807) is 0 Å². The molecule has 3 nitrogen and oxygen atoms in total. The highest BCUT2D eigenvalue weighted by molar-refractivity contribution is 5.78. The van der Waals surface area contributed by atoms with E-state index in [0.717, 1.165) is 0 Å². The molecule has 1 aliphatic heterocycles. The van der Waals surface area contributed by atoms with Crippen LogP contribution in [0.25, 0.3) is 10.9 Å². The van der Waals surface area contributed by atoms with E-state index >= 15 is 0 Å². The third-order valence-corrected chi connectivity index (χ3v) is 5.20. The first-order valence-corrected chi connectivity index (χ1v) is 7.49. The molecule has 1 spiro atoms. The van der Waals surface area contributed by atoms with Crippen LogP contribution in [-0.4, -0.2) is 22.9 Å². The molecule has 1 saturated carbocycles. The monoisotopic (exact) mass is 255 g/mol. The summed E-state index contributed by atoms with van der Waals surface area (Å²) < 4.78 is 2.27. The number of nitrogens with zero attached hydrogens (tertiary/aromatic N) is 2. The number of rotatable bonds is 1. The highest BCUT2D eigenvalue weighted by Gasteiger charge is 2.38. The molecule has 4 rings (SSSR count). The van der Waals surface area contributed by atoms with Crippen LogP contribution in [-0.2, 0) is 0 Å². The topological polar surface area (TPSA) is 29.9 Å². The fourth-order valence-corrected chi connectivity index (χ4v) is 3.96. The third kappa shape index (κ3) is 1.88. The second-order valence-electron chi connectivity index (χ2n) is 6.31. The molecule has 100 valence electrons. The highest BCUT2D eigenvalue weighted by Crippen LogP contribution is 2.44. The van der Waals surface area contributed by atoms with Gasteiger partial charge in [-0.25, -0.2) is 0 Å². The molecule has 0 amide bonds. The largest absolute Gasteiger partial charge is 0.316 e. The zero-order valence-corrected chi connectivity index (χ0v) is 11.3. The lowest BCUT2D eigenvalue weighted by molar-refractivity contribution is 0.168. The van der Waals surface area contributed by atoms with Crippen molar-refractivity contribution in [3.05, 3.63) is 30.5 Å². The van der Waals surface area contributed by atoms with Crippen molar-refractivity contribution in [2.75, 3.05) is 13.1 Å². The fourth-order valence-electron chi connectivity index (χ4n) is 3.96. The number of nitrogens with one attached hydrogen (secondary N) is 1. The maximum atomic E-state index is 4.64. The van der Waals surface area contributed by atoms with Crippen molar-refractivity contribution >= 4 is 10.9 Å². The predicted octanol–water partition coefficient (Wildman–Crippen LogP) is 3.13. The summed E-state index contributed by atoms with van der Waals surface area (Å²) in [5.74, 6) is 0. The number of hydrogen-bond acceptors (Lipinski definition) is 2. The Kier molecular flexibility index (Phi) is 2.62. The number of hydrogen-bond donors (Lipinski definition) is 1. The van der Waals surface area contributed by atoms with Gasteiger partial charge in [-0.05, 0) is 50.1 Å². The lowest BCUT2D eigenvalue weighted by atomic mass is 9.72. The normalized spacial score (nSPS) is 31.3. The van der Waals surface area contributed by atoms with Gasteiger partial charge in [0, 0.05) is 11.9 Å². The summed E-state index contributed by atoms with van der Waals surface area (Å²) >= 11 is 0. The Hall–Kier alpha value is -1.35. The summed E-state index contributed by atoms with van der Waals surface area (Å²) in [6.07, 6.45) is 8.68. The van der Waals surface area contributed by atoms with Gasteiger partial charge in [0.05, 0.1) is 17.8 Å². The van der Waals surface area contributed by atoms with Crippen molar-refractivity contribution in [2.24, 2.45) is 5.41 Å². The smallest absolute Gasteiger partial charge is 0.0685 e. The van der Waals surface area contributed by atoms with Crippen LogP contribution < -0.4 is 5.32 Å². The molecule has 0 atom stereocenters. The number of para-hydroxylation sites is 1. The van der Waals surface area contributed by atoms with Gasteiger partial charge in [0.25, 0.3) is 0 Å². The van der Waals surface area contributed by atoms with E-state index in [9.17, 15) is 0 Å². The van der Waals surface area contributed by atoms with Crippen LogP contribution >= 0.6 is 0 Å². The Morgan fingerprint density at radius 1 is 1.16 bits per heavy atom. The maximum absolute atomic E-state index is 4.64. The molecule has 2 heterocycles. The average Bonchev–Trinajstić information content (AvgIpc) is 3.08. The first kappa shape index (κ1) is 11.5. The van der Waals surface area contributed by atoms with Crippen molar-refractivity contribution in [3.8, 4) is 0 Å². The summed E-state index contributed by atoms with van der Waals surface area (Å²) in [4.78, 5) is 0. The second kappa shape index (κ2) is 4.34. The quantitative estimate of drug-likeness (QED) is 0.848. The average molecular weight is 255 g/mol. The molecule has 2 aromatic rings. The molecular formula is C16H21N3. The Balaban J connectivity index is 1.58. The van der Waals surface area contributed by atoms with Crippen molar-refractivity contribution in [3.63, 3.8) is 0 Å². The van der Waals surface area contributed by atoms with E-state index < -0.39 is 0 Å². The highest BCUT2D eigenvalue weighted by atomic mass is 15.3. The van der Waals surface area contributed by atoms with Crippen LogP contribution in [0.4, 0.5) is 0 Å². The minimum absolute atomic E-state index is 0.603. The van der Waals surface area contributed by atoms with Gasteiger partial charge in [-0.1, -0.05) is 18.2 Å². The first-order valence-electron chi connectivity index (χ1n) is 7.49. The standard InChI is InChI=1S/C16H21N3/c1-2-4-15-13(3-1)11-18-19(15)14-5-7-16(8-6-14)9-10-17-12-16/h1-4,11,14,17H,5-10,12H2. The molecule has 0 radical (unpaired) electrons. The van der Waals surface area contributed by atoms with E-state index in [0.29, 0.717) is 11.5 Å². The summed E-state index contributed by atoms with van der Waals surface area (Å²) in [5.41, 5.74) is 1.91. The van der Waals surface area contributed by atoms with Gasteiger partial charge < -0.3 is 5.32 Å². The van der Waals surface area contributed by atoms with E-state index in [2.05, 4.69) is 39.4 Å². The third-order valence-electron chi connectivity index (χ3n) is 5.20. The molecule has 2 aliphatic rings. The van der Waals surface area contributed by atoms with Gasteiger partial charge in [0.2, 0.25) is 0 Å². The van der Waals surface area contributed by atoms with E-state index in [1.807, 2.05) is 6.20 Å². The minimum Gasteiger partial charge on any atom is -0.316 e. The Morgan fingerprint density at radius 2 is 2.00 bits per heavy atom. The zero-order chi connectivity index (χ0) is 12.7. The van der Waals surface area contributed by atoms with Crippen molar-refractivity contribution in [2.45, 2.75) is 38.1 Å². The molecule has 1 aromatic heterocycles. The van der Waals surface area contributed by atoms with Gasteiger partial charge >= 0.3 is 0 Å². The van der Waals surface area contributed by atoms with Gasteiger partial charge in [-0.15, -0.1) is 0 Å². The summed E-state index contributed by atoms with van der Waals surface area (Å²) in [6, 6.07) is 9.17.